The Morgan fingerprint density at radius 3 is 2.95 bits per heavy atom. The zero-order chi connectivity index (χ0) is 15.9. The fraction of sp³-hybridized carbons (Fsp3) is 0.385. The molecule has 1 aliphatic heterocycles. The lowest BCUT2D eigenvalue weighted by Gasteiger charge is -2.17. The topological polar surface area (TPSA) is 84.3 Å². The number of thioether (sulfide) groups is 1. The molecule has 22 heavy (non-hydrogen) atoms. The minimum absolute atomic E-state index is 0.132. The normalized spacial score (nSPS) is 16.1. The highest BCUT2D eigenvalue weighted by molar-refractivity contribution is 8.00. The molecule has 1 N–H and O–H groups in total. The molecule has 3 heterocycles. The van der Waals surface area contributed by atoms with Crippen LogP contribution in [0.3, 0.4) is 0 Å². The molecule has 3 rings (SSSR count). The molecule has 2 aromatic heterocycles. The molecule has 0 spiro atoms. The molecule has 1 fully saturated rings. The first kappa shape index (κ1) is 15.0. The number of fused-ring (bicyclic) bond motifs is 1. The SMILES string of the molecule is CC(Sc1nc2sccc2c(=O)n1C)C(=O)N1CCNC1=O. The maximum Gasteiger partial charge on any atom is 0.324 e. The van der Waals surface area contributed by atoms with Gasteiger partial charge in [-0.3, -0.25) is 19.1 Å². The minimum atomic E-state index is -0.501. The van der Waals surface area contributed by atoms with Gasteiger partial charge in [-0.25, -0.2) is 9.78 Å². The van der Waals surface area contributed by atoms with Crippen LogP contribution in [0.5, 0.6) is 0 Å². The standard InChI is InChI=1S/C13H14N4O3S2/c1-7(10(18)17-5-4-14-12(17)20)22-13-15-9-8(3-6-21-9)11(19)16(13)2/h3,6-7H,4-5H2,1-2H3,(H,14,20). The smallest absolute Gasteiger partial charge is 0.324 e. The van der Waals surface area contributed by atoms with E-state index in [9.17, 15) is 14.4 Å². The average Bonchev–Trinajstić information content (AvgIpc) is 3.12. The lowest BCUT2D eigenvalue weighted by atomic mass is 10.4. The van der Waals surface area contributed by atoms with Crippen LogP contribution in [0, 0.1) is 0 Å². The first-order valence-electron chi connectivity index (χ1n) is 6.69. The van der Waals surface area contributed by atoms with Gasteiger partial charge in [0.2, 0.25) is 5.91 Å². The molecule has 9 heteroatoms. The first-order valence-corrected chi connectivity index (χ1v) is 8.45. The highest BCUT2D eigenvalue weighted by Crippen LogP contribution is 2.25. The van der Waals surface area contributed by atoms with Crippen LogP contribution in [-0.4, -0.2) is 44.7 Å². The number of carbonyl (C=O) groups is 2. The van der Waals surface area contributed by atoms with Crippen LogP contribution < -0.4 is 10.9 Å². The predicted octanol–water partition coefficient (Wildman–Crippen LogP) is 1.03. The minimum Gasteiger partial charge on any atom is -0.336 e. The third-order valence-electron chi connectivity index (χ3n) is 3.42. The summed E-state index contributed by atoms with van der Waals surface area (Å²) in [6.45, 7) is 2.56. The summed E-state index contributed by atoms with van der Waals surface area (Å²) in [7, 11) is 1.63. The number of rotatable bonds is 3. The molecular formula is C13H14N4O3S2. The molecule has 1 atom stereocenters. The number of imide groups is 1. The van der Waals surface area contributed by atoms with E-state index < -0.39 is 5.25 Å². The van der Waals surface area contributed by atoms with Crippen LogP contribution in [0.1, 0.15) is 6.92 Å². The third kappa shape index (κ3) is 2.50. The Balaban J connectivity index is 1.86. The maximum atomic E-state index is 12.3. The van der Waals surface area contributed by atoms with Crippen molar-refractivity contribution in [3.63, 3.8) is 0 Å². The number of hydrogen-bond acceptors (Lipinski definition) is 6. The Kier molecular flexibility index (Phi) is 3.92. The summed E-state index contributed by atoms with van der Waals surface area (Å²) in [6, 6.07) is 1.38. The van der Waals surface area contributed by atoms with Crippen LogP contribution in [0.15, 0.2) is 21.4 Å². The maximum absolute atomic E-state index is 12.3. The predicted molar refractivity (Wildman–Crippen MR) is 85.3 cm³/mol. The molecular weight excluding hydrogens is 324 g/mol. The van der Waals surface area contributed by atoms with Crippen LogP contribution in [0.4, 0.5) is 4.79 Å². The number of nitrogens with zero attached hydrogens (tertiary/aromatic N) is 3. The van der Waals surface area contributed by atoms with Gasteiger partial charge in [0.15, 0.2) is 5.16 Å². The highest BCUT2D eigenvalue weighted by Gasteiger charge is 2.30. The second-order valence-electron chi connectivity index (χ2n) is 4.88. The number of aromatic nitrogens is 2. The number of carbonyl (C=O) groups excluding carboxylic acids is 2. The molecule has 0 saturated carbocycles. The van der Waals surface area contributed by atoms with Gasteiger partial charge in [-0.15, -0.1) is 11.3 Å². The molecule has 0 radical (unpaired) electrons. The lowest BCUT2D eigenvalue weighted by Crippen LogP contribution is -2.39. The summed E-state index contributed by atoms with van der Waals surface area (Å²) in [6.07, 6.45) is 0. The fourth-order valence-corrected chi connectivity index (χ4v) is 3.94. The Morgan fingerprint density at radius 2 is 2.27 bits per heavy atom. The second-order valence-corrected chi connectivity index (χ2v) is 7.08. The van der Waals surface area contributed by atoms with E-state index in [1.165, 1.54) is 32.6 Å². The van der Waals surface area contributed by atoms with E-state index in [4.69, 9.17) is 0 Å². The zero-order valence-corrected chi connectivity index (χ0v) is 13.7. The summed E-state index contributed by atoms with van der Waals surface area (Å²) < 4.78 is 1.44. The van der Waals surface area contributed by atoms with Crippen LogP contribution >= 0.6 is 23.1 Å². The van der Waals surface area contributed by atoms with E-state index in [2.05, 4.69) is 10.3 Å². The number of nitrogens with one attached hydrogen (secondary N) is 1. The summed E-state index contributed by atoms with van der Waals surface area (Å²) in [5, 5.41) is 4.96. The van der Waals surface area contributed by atoms with E-state index in [1.54, 1.807) is 20.0 Å². The van der Waals surface area contributed by atoms with Crippen molar-refractivity contribution >= 4 is 45.3 Å². The summed E-state index contributed by atoms with van der Waals surface area (Å²) in [5.41, 5.74) is -0.132. The van der Waals surface area contributed by atoms with Gasteiger partial charge in [0.1, 0.15) is 4.83 Å². The molecule has 116 valence electrons. The average molecular weight is 338 g/mol. The second kappa shape index (κ2) is 5.73. The van der Waals surface area contributed by atoms with Crippen LogP contribution in [0.2, 0.25) is 0 Å². The van der Waals surface area contributed by atoms with Crippen LogP contribution in [0.25, 0.3) is 10.2 Å². The molecule has 1 aliphatic rings. The molecule has 7 nitrogen and oxygen atoms in total. The van der Waals surface area contributed by atoms with Crippen molar-refractivity contribution in [1.29, 1.82) is 0 Å². The van der Waals surface area contributed by atoms with Gasteiger partial charge in [-0.2, -0.15) is 0 Å². The van der Waals surface area contributed by atoms with Crippen molar-refractivity contribution in [2.75, 3.05) is 13.1 Å². The number of urea groups is 1. The highest BCUT2D eigenvalue weighted by atomic mass is 32.2. The van der Waals surface area contributed by atoms with Crippen LogP contribution in [-0.2, 0) is 11.8 Å². The van der Waals surface area contributed by atoms with Crippen molar-refractivity contribution in [3.8, 4) is 0 Å². The lowest BCUT2D eigenvalue weighted by molar-refractivity contribution is -0.126. The van der Waals surface area contributed by atoms with Crippen molar-refractivity contribution in [1.82, 2.24) is 19.8 Å². The first-order chi connectivity index (χ1) is 10.5. The Labute approximate surface area is 134 Å². The van der Waals surface area contributed by atoms with Crippen molar-refractivity contribution in [2.24, 2.45) is 7.05 Å². The van der Waals surface area contributed by atoms with E-state index in [1.807, 2.05) is 5.38 Å². The van der Waals surface area contributed by atoms with E-state index in [0.29, 0.717) is 28.5 Å². The van der Waals surface area contributed by atoms with Crippen molar-refractivity contribution < 1.29 is 9.59 Å². The fourth-order valence-electron chi connectivity index (χ4n) is 2.20. The zero-order valence-electron chi connectivity index (χ0n) is 12.0. The van der Waals surface area contributed by atoms with Gasteiger partial charge in [0.25, 0.3) is 5.56 Å². The number of thiophene rings is 1. The van der Waals surface area contributed by atoms with Crippen molar-refractivity contribution in [2.45, 2.75) is 17.3 Å². The summed E-state index contributed by atoms with van der Waals surface area (Å²) >= 11 is 2.58. The molecule has 1 saturated heterocycles. The molecule has 0 aliphatic carbocycles. The molecule has 1 unspecified atom stereocenters. The van der Waals surface area contributed by atoms with Gasteiger partial charge in [-0.1, -0.05) is 11.8 Å². The molecule has 0 aromatic carbocycles. The van der Waals surface area contributed by atoms with Gasteiger partial charge in [0, 0.05) is 20.1 Å². The Bertz CT molecular complexity index is 813. The largest absolute Gasteiger partial charge is 0.336 e. The van der Waals surface area contributed by atoms with Gasteiger partial charge >= 0.3 is 6.03 Å². The van der Waals surface area contributed by atoms with Gasteiger partial charge < -0.3 is 5.32 Å². The quantitative estimate of drug-likeness (QED) is 0.667. The Hall–Kier alpha value is -1.87. The molecule has 2 aromatic rings. The number of hydrogen-bond donors (Lipinski definition) is 1. The molecule has 3 amide bonds. The summed E-state index contributed by atoms with van der Waals surface area (Å²) in [4.78, 5) is 42.4. The van der Waals surface area contributed by atoms with Gasteiger partial charge in [0.05, 0.1) is 10.6 Å². The van der Waals surface area contributed by atoms with Crippen molar-refractivity contribution in [3.05, 3.63) is 21.8 Å². The van der Waals surface area contributed by atoms with Gasteiger partial charge in [-0.05, 0) is 18.4 Å². The third-order valence-corrected chi connectivity index (χ3v) is 5.35. The monoisotopic (exact) mass is 338 g/mol. The molecule has 0 bridgehead atoms. The summed E-state index contributed by atoms with van der Waals surface area (Å²) in [5.74, 6) is -0.277. The van der Waals surface area contributed by atoms with E-state index in [0.717, 1.165) is 0 Å². The Morgan fingerprint density at radius 1 is 1.50 bits per heavy atom. The van der Waals surface area contributed by atoms with E-state index >= 15 is 0 Å². The van der Waals surface area contributed by atoms with E-state index in [-0.39, 0.29) is 17.5 Å². The number of amides is 3.